The lowest BCUT2D eigenvalue weighted by molar-refractivity contribution is -0.117. The fraction of sp³-hybridized carbons (Fsp3) is 0.350. The van der Waals surface area contributed by atoms with Crippen LogP contribution in [0.3, 0.4) is 0 Å². The van der Waals surface area contributed by atoms with Crippen LogP contribution in [0, 0.1) is 11.8 Å². The Morgan fingerprint density at radius 3 is 2.75 bits per heavy atom. The largest absolute Gasteiger partial charge is 0.511 e. The zero-order valence-corrected chi connectivity index (χ0v) is 15.9. The number of ketones is 1. The van der Waals surface area contributed by atoms with Crippen LogP contribution in [-0.4, -0.2) is 10.9 Å². The van der Waals surface area contributed by atoms with Gasteiger partial charge in [0, 0.05) is 26.6 Å². The maximum atomic E-state index is 12.9. The molecule has 0 spiro atoms. The highest BCUT2D eigenvalue weighted by Gasteiger charge is 2.41. The molecule has 0 aliphatic heterocycles. The van der Waals surface area contributed by atoms with Gasteiger partial charge in [-0.1, -0.05) is 19.1 Å². The lowest BCUT2D eigenvalue weighted by Gasteiger charge is -2.23. The summed E-state index contributed by atoms with van der Waals surface area (Å²) in [6, 6.07) is 8.39. The van der Waals surface area contributed by atoms with Gasteiger partial charge in [-0.05, 0) is 70.4 Å². The zero-order valence-electron chi connectivity index (χ0n) is 13.5. The van der Waals surface area contributed by atoms with Crippen molar-refractivity contribution in [2.75, 3.05) is 0 Å². The molecule has 1 aromatic carbocycles. The van der Waals surface area contributed by atoms with Crippen molar-refractivity contribution in [3.63, 3.8) is 0 Å². The summed E-state index contributed by atoms with van der Waals surface area (Å²) < 4.78 is 1.07. The number of aryl methyl sites for hydroxylation is 1. The molecule has 2 aromatic rings. The van der Waals surface area contributed by atoms with Crippen molar-refractivity contribution >= 4 is 38.6 Å². The van der Waals surface area contributed by atoms with Gasteiger partial charge in [0.2, 0.25) is 0 Å². The molecule has 1 heterocycles. The Labute approximate surface area is 154 Å². The molecule has 24 heavy (non-hydrogen) atoms. The summed E-state index contributed by atoms with van der Waals surface area (Å²) in [4.78, 5) is 14.1. The molecule has 4 rings (SSSR count). The summed E-state index contributed by atoms with van der Waals surface area (Å²) in [6.45, 7) is 2.10. The van der Waals surface area contributed by atoms with Crippen molar-refractivity contribution in [2.24, 2.45) is 11.8 Å². The quantitative estimate of drug-likeness (QED) is 0.682. The van der Waals surface area contributed by atoms with Gasteiger partial charge >= 0.3 is 0 Å². The van der Waals surface area contributed by atoms with Crippen LogP contribution in [-0.2, 0) is 11.2 Å². The van der Waals surface area contributed by atoms with Gasteiger partial charge in [0.05, 0.1) is 5.57 Å². The van der Waals surface area contributed by atoms with Crippen LogP contribution in [0.25, 0.3) is 16.0 Å². The molecule has 2 aliphatic rings. The Balaban J connectivity index is 1.87. The fourth-order valence-corrected chi connectivity index (χ4v) is 5.43. The van der Waals surface area contributed by atoms with E-state index in [2.05, 4.69) is 52.5 Å². The first-order valence-electron chi connectivity index (χ1n) is 8.43. The molecule has 2 atom stereocenters. The Bertz CT molecular complexity index is 849. The third kappa shape index (κ3) is 2.56. The summed E-state index contributed by atoms with van der Waals surface area (Å²) in [6.07, 6.45) is 3.52. The first kappa shape index (κ1) is 16.1. The third-order valence-corrected chi connectivity index (χ3v) is 7.04. The van der Waals surface area contributed by atoms with Crippen LogP contribution in [0.15, 0.2) is 39.9 Å². The van der Waals surface area contributed by atoms with Gasteiger partial charge in [0.15, 0.2) is 5.78 Å². The van der Waals surface area contributed by atoms with Crippen molar-refractivity contribution in [2.45, 2.75) is 32.6 Å². The van der Waals surface area contributed by atoms with Crippen molar-refractivity contribution in [1.29, 1.82) is 0 Å². The van der Waals surface area contributed by atoms with Crippen LogP contribution < -0.4 is 0 Å². The predicted octanol–water partition coefficient (Wildman–Crippen LogP) is 6.01. The monoisotopic (exact) mass is 402 g/mol. The van der Waals surface area contributed by atoms with E-state index in [0.717, 1.165) is 51.7 Å². The molecule has 1 aromatic heterocycles. The van der Waals surface area contributed by atoms with Gasteiger partial charge in [0.1, 0.15) is 5.76 Å². The highest BCUT2D eigenvalue weighted by molar-refractivity contribution is 9.10. The van der Waals surface area contributed by atoms with E-state index in [0.29, 0.717) is 11.3 Å². The second kappa shape index (κ2) is 6.16. The second-order valence-corrected chi connectivity index (χ2v) is 8.51. The van der Waals surface area contributed by atoms with E-state index in [9.17, 15) is 9.90 Å². The number of carbonyl (C=O) groups is 1. The molecule has 0 saturated heterocycles. The molecule has 124 valence electrons. The first-order valence-corrected chi connectivity index (χ1v) is 10.1. The molecule has 0 amide bonds. The van der Waals surface area contributed by atoms with Gasteiger partial charge in [-0.25, -0.2) is 0 Å². The molecule has 0 radical (unpaired) electrons. The van der Waals surface area contributed by atoms with Crippen molar-refractivity contribution in [3.8, 4) is 10.4 Å². The first-order chi connectivity index (χ1) is 11.6. The number of fused-ring (bicyclic) bond motifs is 2. The van der Waals surface area contributed by atoms with Gasteiger partial charge in [0.25, 0.3) is 0 Å². The third-order valence-electron chi connectivity index (χ3n) is 5.30. The van der Waals surface area contributed by atoms with Gasteiger partial charge in [-0.15, -0.1) is 11.3 Å². The molecular weight excluding hydrogens is 384 g/mol. The van der Waals surface area contributed by atoms with E-state index >= 15 is 0 Å². The van der Waals surface area contributed by atoms with E-state index in [-0.39, 0.29) is 17.6 Å². The van der Waals surface area contributed by atoms with Crippen molar-refractivity contribution < 1.29 is 9.90 Å². The average Bonchev–Trinajstić information content (AvgIpc) is 3.21. The summed E-state index contributed by atoms with van der Waals surface area (Å²) in [5.41, 5.74) is 3.75. The summed E-state index contributed by atoms with van der Waals surface area (Å²) in [5.74, 6) is 0.741. The topological polar surface area (TPSA) is 37.3 Å². The maximum Gasteiger partial charge on any atom is 0.169 e. The number of allylic oxidation sites excluding steroid dienone is 2. The van der Waals surface area contributed by atoms with Crippen LogP contribution in [0.4, 0.5) is 0 Å². The van der Waals surface area contributed by atoms with Gasteiger partial charge in [-0.3, -0.25) is 4.79 Å². The number of aliphatic hydroxyl groups excluding tert-OH is 1. The molecular formula is C20H19BrO2S. The van der Waals surface area contributed by atoms with E-state index in [1.165, 1.54) is 0 Å². The fourth-order valence-electron chi connectivity index (χ4n) is 4.01. The molecule has 1 fully saturated rings. The number of halogens is 1. The Kier molecular flexibility index (Phi) is 4.13. The van der Waals surface area contributed by atoms with Gasteiger partial charge in [-0.2, -0.15) is 0 Å². The second-order valence-electron chi connectivity index (χ2n) is 6.69. The number of benzene rings is 1. The number of carbonyl (C=O) groups excluding carboxylic acids is 1. The number of hydrogen-bond acceptors (Lipinski definition) is 3. The van der Waals surface area contributed by atoms with E-state index in [1.807, 2.05) is 0 Å². The normalized spacial score (nSPS) is 23.2. The molecule has 2 aliphatic carbocycles. The van der Waals surface area contributed by atoms with E-state index in [1.54, 1.807) is 11.3 Å². The molecule has 1 saturated carbocycles. The van der Waals surface area contributed by atoms with Crippen molar-refractivity contribution in [3.05, 3.63) is 51.0 Å². The number of thiophene rings is 1. The molecule has 1 N–H and O–H groups in total. The van der Waals surface area contributed by atoms with Crippen LogP contribution >= 0.6 is 27.3 Å². The molecule has 2 nitrogen and oxygen atoms in total. The van der Waals surface area contributed by atoms with Crippen LogP contribution in [0.5, 0.6) is 0 Å². The minimum atomic E-state index is 0.102. The SMILES string of the molecule is CCc1ccc(-c2cc(Br)cs2)cc1C1=C(O)[C@@H]2CC[C@@H](C2)C1=O. The number of hydrogen-bond donors (Lipinski definition) is 1. The lowest BCUT2D eigenvalue weighted by Crippen LogP contribution is -2.22. The summed E-state index contributed by atoms with van der Waals surface area (Å²) >= 11 is 5.18. The highest BCUT2D eigenvalue weighted by atomic mass is 79.9. The summed E-state index contributed by atoms with van der Waals surface area (Å²) in [5, 5.41) is 12.8. The maximum absolute atomic E-state index is 12.9. The number of rotatable bonds is 3. The predicted molar refractivity (Wildman–Crippen MR) is 102 cm³/mol. The molecule has 0 unspecified atom stereocenters. The molecule has 4 heteroatoms. The van der Waals surface area contributed by atoms with Crippen LogP contribution in [0.1, 0.15) is 37.3 Å². The Hall–Kier alpha value is -1.39. The number of aliphatic hydroxyl groups is 1. The Morgan fingerprint density at radius 1 is 1.25 bits per heavy atom. The van der Waals surface area contributed by atoms with Crippen molar-refractivity contribution in [1.82, 2.24) is 0 Å². The standard InChI is InChI=1S/C20H19BrO2S/c1-2-11-3-4-12(17-9-15(21)10-24-17)8-16(11)18-19(22)13-5-6-14(7-13)20(18)23/h3-4,8-10,13-14,22H,2,5-7H2,1H3/t13-,14+/m1/s1. The highest BCUT2D eigenvalue weighted by Crippen LogP contribution is 2.46. The Morgan fingerprint density at radius 2 is 2.04 bits per heavy atom. The molecule has 2 bridgehead atoms. The van der Waals surface area contributed by atoms with E-state index < -0.39 is 0 Å². The minimum absolute atomic E-state index is 0.102. The smallest absolute Gasteiger partial charge is 0.169 e. The zero-order chi connectivity index (χ0) is 16.8. The van der Waals surface area contributed by atoms with Crippen LogP contribution in [0.2, 0.25) is 0 Å². The lowest BCUT2D eigenvalue weighted by atomic mass is 9.81. The average molecular weight is 403 g/mol. The number of Topliss-reactive ketones (excluding diaryl/α,β-unsaturated/α-hetero) is 1. The summed E-state index contributed by atoms with van der Waals surface area (Å²) in [7, 11) is 0. The minimum Gasteiger partial charge on any atom is -0.511 e. The van der Waals surface area contributed by atoms with E-state index in [4.69, 9.17) is 0 Å². The van der Waals surface area contributed by atoms with Gasteiger partial charge < -0.3 is 5.11 Å².